The summed E-state index contributed by atoms with van der Waals surface area (Å²) < 4.78 is 11.3. The van der Waals surface area contributed by atoms with Crippen LogP contribution in [-0.2, 0) is 0 Å². The van der Waals surface area contributed by atoms with E-state index in [-0.39, 0.29) is 55.8 Å². The summed E-state index contributed by atoms with van der Waals surface area (Å²) in [4.78, 5) is 0. The Labute approximate surface area is 182 Å². The van der Waals surface area contributed by atoms with Crippen LogP contribution in [0.15, 0.2) is 48.5 Å². The van der Waals surface area contributed by atoms with Gasteiger partial charge in [0.2, 0.25) is 4.38 Å². The molecule has 4 nitrogen and oxygen atoms in total. The standard InChI is InChI=1S/C15H13NO3S2.K/c1-18-14-9-5-3-7-12(14)16(17)10-11-6-2-4-8-13(11)19-15(20)21;/h2-10H,1H3,(H,20,21);/q;+1/b16-10-;. The first-order valence-corrected chi connectivity index (χ1v) is 6.91. The van der Waals surface area contributed by atoms with Gasteiger partial charge in [0.05, 0.1) is 12.7 Å². The number of hydrogen-bond donors (Lipinski definition) is 1. The topological polar surface area (TPSA) is 44.5 Å². The van der Waals surface area contributed by atoms with Crippen molar-refractivity contribution in [1.82, 2.24) is 0 Å². The number of rotatable bonds is 4. The molecule has 0 atom stereocenters. The van der Waals surface area contributed by atoms with Crippen LogP contribution in [0.5, 0.6) is 11.5 Å². The molecule has 0 aliphatic carbocycles. The molecule has 0 unspecified atom stereocenters. The molecule has 0 fully saturated rings. The van der Waals surface area contributed by atoms with E-state index in [1.54, 1.807) is 48.5 Å². The summed E-state index contributed by atoms with van der Waals surface area (Å²) >= 11 is 8.73. The van der Waals surface area contributed by atoms with Gasteiger partial charge in [0.25, 0.3) is 5.69 Å². The number of thiol groups is 1. The fraction of sp³-hybridized carbons (Fsp3) is 0.0667. The number of nitrogens with zero attached hydrogens (tertiary/aromatic N) is 1. The Morgan fingerprint density at radius 1 is 1.14 bits per heavy atom. The van der Waals surface area contributed by atoms with Crippen LogP contribution in [0.2, 0.25) is 0 Å². The average Bonchev–Trinajstić information content (AvgIpc) is 2.48. The average molecular weight is 359 g/mol. The number of thiocarbonyl (C=S) groups is 1. The first kappa shape index (κ1) is 19.6. The molecule has 0 saturated carbocycles. The summed E-state index contributed by atoms with van der Waals surface area (Å²) in [6, 6.07) is 14.0. The molecular formula is C15H13KNO3S2+. The van der Waals surface area contributed by atoms with Crippen molar-refractivity contribution in [3.05, 3.63) is 59.3 Å². The third kappa shape index (κ3) is 5.34. The van der Waals surface area contributed by atoms with Crippen molar-refractivity contribution >= 4 is 41.1 Å². The predicted octanol–water partition coefficient (Wildman–Crippen LogP) is 0.554. The summed E-state index contributed by atoms with van der Waals surface area (Å²) in [6.07, 6.45) is 1.40. The molecule has 0 radical (unpaired) electrons. The Bertz CT molecular complexity index is 692. The van der Waals surface area contributed by atoms with E-state index in [0.29, 0.717) is 22.7 Å². The van der Waals surface area contributed by atoms with Crippen LogP contribution in [0, 0.1) is 5.21 Å². The van der Waals surface area contributed by atoms with Gasteiger partial charge < -0.3 is 14.7 Å². The molecule has 2 rings (SSSR count). The largest absolute Gasteiger partial charge is 1.00 e. The maximum atomic E-state index is 12.3. The Morgan fingerprint density at radius 2 is 1.73 bits per heavy atom. The molecule has 22 heavy (non-hydrogen) atoms. The van der Waals surface area contributed by atoms with Gasteiger partial charge in [0, 0.05) is 6.07 Å². The van der Waals surface area contributed by atoms with E-state index in [1.165, 1.54) is 13.3 Å². The quantitative estimate of drug-likeness (QED) is 0.165. The van der Waals surface area contributed by atoms with Gasteiger partial charge in [0.15, 0.2) is 12.0 Å². The molecule has 2 aromatic carbocycles. The maximum absolute atomic E-state index is 12.3. The second kappa shape index (κ2) is 9.66. The van der Waals surface area contributed by atoms with Crippen molar-refractivity contribution in [2.45, 2.75) is 0 Å². The molecule has 0 bridgehead atoms. The van der Waals surface area contributed by atoms with Gasteiger partial charge in [-0.25, -0.2) is 0 Å². The van der Waals surface area contributed by atoms with Crippen molar-refractivity contribution in [3.63, 3.8) is 0 Å². The van der Waals surface area contributed by atoms with Crippen LogP contribution in [0.1, 0.15) is 5.56 Å². The summed E-state index contributed by atoms with van der Waals surface area (Å²) in [6.45, 7) is 0. The van der Waals surface area contributed by atoms with Gasteiger partial charge in [-0.3, -0.25) is 0 Å². The molecule has 0 spiro atoms. The summed E-state index contributed by atoms with van der Waals surface area (Å²) in [5.41, 5.74) is 0.998. The van der Waals surface area contributed by atoms with Crippen LogP contribution < -0.4 is 60.9 Å². The molecule has 0 aliphatic heterocycles. The molecule has 0 aromatic heterocycles. The van der Waals surface area contributed by atoms with Crippen LogP contribution in [0.3, 0.4) is 0 Å². The van der Waals surface area contributed by atoms with Gasteiger partial charge in [-0.1, -0.05) is 36.9 Å². The number of hydrogen-bond acceptors (Lipinski definition) is 4. The van der Waals surface area contributed by atoms with Gasteiger partial charge in [-0.05, 0) is 30.4 Å². The summed E-state index contributed by atoms with van der Waals surface area (Å²) in [5.74, 6) is 0.958. The SMILES string of the molecule is COc1ccccc1/[N+]([O-])=C/c1ccccc1OC(=S)S.[K+]. The molecule has 0 heterocycles. The molecule has 0 aliphatic rings. The monoisotopic (exact) mass is 358 g/mol. The Balaban J connectivity index is 0.00000242. The van der Waals surface area contributed by atoms with Gasteiger partial charge in [-0.15, -0.1) is 0 Å². The van der Waals surface area contributed by atoms with E-state index in [0.717, 1.165) is 4.74 Å². The second-order valence-electron chi connectivity index (χ2n) is 4.03. The zero-order valence-electron chi connectivity index (χ0n) is 12.2. The van der Waals surface area contributed by atoms with Crippen molar-refractivity contribution < 1.29 is 65.6 Å². The van der Waals surface area contributed by atoms with E-state index in [4.69, 9.17) is 21.7 Å². The molecule has 2 aromatic rings. The first-order valence-electron chi connectivity index (χ1n) is 6.06. The number of methoxy groups -OCH3 is 1. The zero-order valence-corrected chi connectivity index (χ0v) is 17.1. The fourth-order valence-electron chi connectivity index (χ4n) is 1.78. The Hall–Kier alpha value is -0.414. The molecule has 0 N–H and O–H groups in total. The summed E-state index contributed by atoms with van der Waals surface area (Å²) in [7, 11) is 1.52. The van der Waals surface area contributed by atoms with E-state index in [9.17, 15) is 5.21 Å². The Morgan fingerprint density at radius 3 is 2.36 bits per heavy atom. The maximum Gasteiger partial charge on any atom is 1.00 e. The van der Waals surface area contributed by atoms with Crippen molar-refractivity contribution in [3.8, 4) is 11.5 Å². The minimum absolute atomic E-state index is 0. The normalized spacial score (nSPS) is 10.5. The van der Waals surface area contributed by atoms with Gasteiger partial charge in [0.1, 0.15) is 5.75 Å². The van der Waals surface area contributed by atoms with Crippen LogP contribution in [0.4, 0.5) is 5.69 Å². The van der Waals surface area contributed by atoms with E-state index in [1.807, 2.05) is 0 Å². The van der Waals surface area contributed by atoms with E-state index in [2.05, 4.69) is 12.6 Å². The minimum Gasteiger partial charge on any atom is -0.618 e. The molecular weight excluding hydrogens is 345 g/mol. The fourth-order valence-corrected chi connectivity index (χ4v) is 1.97. The van der Waals surface area contributed by atoms with Gasteiger partial charge in [-0.2, -0.15) is 4.74 Å². The number of para-hydroxylation sites is 3. The van der Waals surface area contributed by atoms with Crippen molar-refractivity contribution in [2.24, 2.45) is 0 Å². The van der Waals surface area contributed by atoms with Crippen molar-refractivity contribution in [2.75, 3.05) is 7.11 Å². The van der Waals surface area contributed by atoms with Crippen LogP contribution >= 0.6 is 24.8 Å². The third-order valence-electron chi connectivity index (χ3n) is 2.70. The molecule has 108 valence electrons. The number of ether oxygens (including phenoxy) is 2. The first-order chi connectivity index (χ1) is 10.1. The van der Waals surface area contributed by atoms with E-state index < -0.39 is 0 Å². The Kier molecular flexibility index (Phi) is 8.62. The molecule has 7 heteroatoms. The van der Waals surface area contributed by atoms with Crippen molar-refractivity contribution in [1.29, 1.82) is 0 Å². The van der Waals surface area contributed by atoms with Crippen LogP contribution in [-0.4, -0.2) is 22.4 Å². The minimum atomic E-state index is 0. The van der Waals surface area contributed by atoms with E-state index >= 15 is 0 Å². The molecule has 0 saturated heterocycles. The smallest absolute Gasteiger partial charge is 0.618 e. The zero-order chi connectivity index (χ0) is 15.2. The van der Waals surface area contributed by atoms with Gasteiger partial charge >= 0.3 is 51.4 Å². The molecule has 0 amide bonds. The summed E-state index contributed by atoms with van der Waals surface area (Å²) in [5, 5.41) is 12.3. The second-order valence-corrected chi connectivity index (χ2v) is 5.11. The van der Waals surface area contributed by atoms with Crippen LogP contribution in [0.25, 0.3) is 0 Å². The number of benzene rings is 2. The third-order valence-corrected chi connectivity index (χ3v) is 2.87. The predicted molar refractivity (Wildman–Crippen MR) is 90.1 cm³/mol.